The molecule has 5 rings (SSSR count). The van der Waals surface area contributed by atoms with Gasteiger partial charge in [0.15, 0.2) is 5.76 Å². The fourth-order valence-electron chi connectivity index (χ4n) is 4.70. The minimum Gasteiger partial charge on any atom is -0.481 e. The number of alkyl halides is 3. The van der Waals surface area contributed by atoms with Crippen molar-refractivity contribution in [2.24, 2.45) is 0 Å². The lowest BCUT2D eigenvalue weighted by Gasteiger charge is -2.23. The molecule has 206 valence electrons. The van der Waals surface area contributed by atoms with Crippen molar-refractivity contribution in [3.05, 3.63) is 89.6 Å². The number of carboxylic acids is 1. The van der Waals surface area contributed by atoms with Crippen LogP contribution in [0.5, 0.6) is 0 Å². The molecule has 1 aromatic heterocycles. The van der Waals surface area contributed by atoms with Crippen molar-refractivity contribution in [2.75, 3.05) is 11.5 Å². The molecule has 0 radical (unpaired) electrons. The van der Waals surface area contributed by atoms with Gasteiger partial charge in [-0.3, -0.25) is 4.79 Å². The fourth-order valence-corrected chi connectivity index (χ4v) is 4.70. The predicted molar refractivity (Wildman–Crippen MR) is 141 cm³/mol. The van der Waals surface area contributed by atoms with Gasteiger partial charge in [-0.1, -0.05) is 59.8 Å². The molecule has 1 amide bonds. The number of aryl methyl sites for hydroxylation is 1. The predicted octanol–water partition coefficient (Wildman–Crippen LogP) is 7.75. The van der Waals surface area contributed by atoms with E-state index in [-0.39, 0.29) is 29.4 Å². The van der Waals surface area contributed by atoms with Crippen LogP contribution < -0.4 is 4.90 Å². The van der Waals surface area contributed by atoms with Crippen molar-refractivity contribution in [2.45, 2.75) is 38.3 Å². The number of aromatic nitrogens is 1. The smallest absolute Gasteiger partial charge is 0.419 e. The quantitative estimate of drug-likeness (QED) is 0.253. The molecule has 0 bridgehead atoms. The van der Waals surface area contributed by atoms with Crippen molar-refractivity contribution in [1.82, 2.24) is 5.16 Å². The Hall–Kier alpha value is -4.60. The number of hydrogen-bond donors (Lipinski definition) is 1. The molecular weight excluding hydrogens is 525 g/mol. The van der Waals surface area contributed by atoms with Gasteiger partial charge in [0.1, 0.15) is 11.4 Å². The van der Waals surface area contributed by atoms with E-state index in [1.165, 1.54) is 12.1 Å². The molecule has 40 heavy (non-hydrogen) atoms. The van der Waals surface area contributed by atoms with Crippen LogP contribution in [0.1, 0.15) is 36.6 Å². The highest BCUT2D eigenvalue weighted by Crippen LogP contribution is 2.48. The number of ether oxygens (including phenoxy) is 1. The van der Waals surface area contributed by atoms with Gasteiger partial charge in [0.2, 0.25) is 0 Å². The maximum atomic E-state index is 13.5. The lowest BCUT2D eigenvalue weighted by Crippen LogP contribution is -2.28. The summed E-state index contributed by atoms with van der Waals surface area (Å²) in [5.41, 5.74) is 1.75. The summed E-state index contributed by atoms with van der Waals surface area (Å²) < 4.78 is 51.1. The lowest BCUT2D eigenvalue weighted by molar-refractivity contribution is -0.140. The van der Waals surface area contributed by atoms with Gasteiger partial charge in [-0.25, -0.2) is 9.69 Å². The van der Waals surface area contributed by atoms with Gasteiger partial charge in [0, 0.05) is 5.56 Å². The molecule has 1 fully saturated rings. The Morgan fingerprint density at radius 1 is 1.00 bits per heavy atom. The number of amides is 1. The number of hydrogen-bond acceptors (Lipinski definition) is 5. The summed E-state index contributed by atoms with van der Waals surface area (Å²) in [4.78, 5) is 25.7. The van der Waals surface area contributed by atoms with Gasteiger partial charge >= 0.3 is 18.2 Å². The highest BCUT2D eigenvalue weighted by Gasteiger charge is 2.51. The molecule has 1 aliphatic rings. The first-order valence-corrected chi connectivity index (χ1v) is 12.6. The molecular formula is C30H25F3N2O5. The topological polar surface area (TPSA) is 92.9 Å². The molecule has 1 aliphatic carbocycles. The van der Waals surface area contributed by atoms with Crippen molar-refractivity contribution < 1.29 is 37.1 Å². The van der Waals surface area contributed by atoms with Crippen LogP contribution in [0.25, 0.3) is 22.5 Å². The summed E-state index contributed by atoms with van der Waals surface area (Å²) in [5.74, 6) is -0.633. The Balaban J connectivity index is 1.50. The van der Waals surface area contributed by atoms with Gasteiger partial charge in [-0.15, -0.1) is 0 Å². The number of nitrogens with zero attached hydrogens (tertiary/aromatic N) is 2. The third-order valence-corrected chi connectivity index (χ3v) is 7.01. The molecule has 0 spiro atoms. The molecule has 0 aliphatic heterocycles. The summed E-state index contributed by atoms with van der Waals surface area (Å²) in [6, 6.07) is 18.9. The van der Waals surface area contributed by atoms with Crippen LogP contribution >= 0.6 is 0 Å². The van der Waals surface area contributed by atoms with E-state index in [1.807, 2.05) is 36.4 Å². The van der Waals surface area contributed by atoms with E-state index in [2.05, 4.69) is 5.16 Å². The highest BCUT2D eigenvalue weighted by molar-refractivity contribution is 6.00. The SMILES string of the molecule is CCOC(=O)N(c1cccc(C(F)(F)F)c1)c1c(C)noc1-c1ccc(-c2ccc(C3(C(=O)O)CC3)cc2)cc1. The molecule has 10 heteroatoms. The first-order chi connectivity index (χ1) is 19.0. The van der Waals surface area contributed by atoms with Crippen LogP contribution in [0.4, 0.5) is 29.3 Å². The zero-order chi connectivity index (χ0) is 28.7. The van der Waals surface area contributed by atoms with E-state index in [9.17, 15) is 27.9 Å². The third kappa shape index (κ3) is 4.92. The summed E-state index contributed by atoms with van der Waals surface area (Å²) in [5, 5.41) is 13.5. The number of carboxylic acid groups (broad SMARTS) is 1. The summed E-state index contributed by atoms with van der Waals surface area (Å²) in [7, 11) is 0. The Labute approximate surface area is 227 Å². The van der Waals surface area contributed by atoms with Crippen LogP contribution in [0.2, 0.25) is 0 Å². The number of benzene rings is 3. The van der Waals surface area contributed by atoms with Crippen LogP contribution in [0.15, 0.2) is 77.3 Å². The number of aliphatic carboxylic acids is 1. The van der Waals surface area contributed by atoms with E-state index in [4.69, 9.17) is 9.26 Å². The average molecular weight is 551 g/mol. The molecule has 0 atom stereocenters. The Morgan fingerprint density at radius 2 is 1.60 bits per heavy atom. The maximum Gasteiger partial charge on any atom is 0.419 e. The van der Waals surface area contributed by atoms with Gasteiger partial charge in [0.05, 0.1) is 23.3 Å². The highest BCUT2D eigenvalue weighted by atomic mass is 19.4. The Morgan fingerprint density at radius 3 is 2.15 bits per heavy atom. The summed E-state index contributed by atoms with van der Waals surface area (Å²) >= 11 is 0. The molecule has 4 aromatic rings. The van der Waals surface area contributed by atoms with Crippen LogP contribution in [-0.4, -0.2) is 28.9 Å². The first kappa shape index (κ1) is 27.0. The van der Waals surface area contributed by atoms with Crippen molar-refractivity contribution in [3.63, 3.8) is 0 Å². The number of anilines is 2. The first-order valence-electron chi connectivity index (χ1n) is 12.6. The van der Waals surface area contributed by atoms with Gasteiger partial charge in [0.25, 0.3) is 0 Å². The Kier molecular flexibility index (Phi) is 6.87. The second kappa shape index (κ2) is 10.2. The van der Waals surface area contributed by atoms with Crippen LogP contribution in [0.3, 0.4) is 0 Å². The standard InChI is InChI=1S/C30H25F3N2O5/c1-3-39-28(38)35(24-6-4-5-23(17-24)30(31,32)33)25-18(2)34-40-26(25)21-9-7-19(8-10-21)20-11-13-22(14-12-20)29(15-16-29)27(36)37/h4-14,17H,3,15-16H2,1-2H3,(H,36,37). The second-order valence-corrected chi connectivity index (χ2v) is 9.57. The van der Waals surface area contributed by atoms with Crippen molar-refractivity contribution in [1.29, 1.82) is 0 Å². The second-order valence-electron chi connectivity index (χ2n) is 9.57. The van der Waals surface area contributed by atoms with Gasteiger partial charge in [-0.05, 0) is 61.6 Å². The fraction of sp³-hybridized carbons (Fsp3) is 0.233. The van der Waals surface area contributed by atoms with E-state index in [0.717, 1.165) is 33.7 Å². The number of halogens is 3. The zero-order valence-electron chi connectivity index (χ0n) is 21.7. The van der Waals surface area contributed by atoms with E-state index in [1.54, 1.807) is 26.0 Å². The minimum atomic E-state index is -4.61. The Bertz CT molecular complexity index is 1560. The molecule has 1 heterocycles. The van der Waals surface area contributed by atoms with E-state index >= 15 is 0 Å². The van der Waals surface area contributed by atoms with Crippen molar-refractivity contribution >= 4 is 23.4 Å². The maximum absolute atomic E-state index is 13.5. The zero-order valence-corrected chi connectivity index (χ0v) is 21.7. The largest absolute Gasteiger partial charge is 0.481 e. The molecule has 1 saturated carbocycles. The van der Waals surface area contributed by atoms with E-state index in [0.29, 0.717) is 18.4 Å². The number of rotatable bonds is 7. The lowest BCUT2D eigenvalue weighted by atomic mass is 9.93. The number of carbonyl (C=O) groups is 2. The van der Waals surface area contributed by atoms with Crippen LogP contribution in [0, 0.1) is 6.92 Å². The summed E-state index contributed by atoms with van der Waals surface area (Å²) in [6.07, 6.45) is -4.23. The third-order valence-electron chi connectivity index (χ3n) is 7.01. The normalized spacial score (nSPS) is 14.0. The summed E-state index contributed by atoms with van der Waals surface area (Å²) in [6.45, 7) is 3.19. The van der Waals surface area contributed by atoms with Gasteiger partial charge < -0.3 is 14.4 Å². The molecule has 1 N–H and O–H groups in total. The minimum absolute atomic E-state index is 0.00896. The number of carbonyl (C=O) groups excluding carboxylic acids is 1. The van der Waals surface area contributed by atoms with Gasteiger partial charge in [-0.2, -0.15) is 13.2 Å². The molecule has 3 aromatic carbocycles. The average Bonchev–Trinajstić information content (AvgIpc) is 3.67. The van der Waals surface area contributed by atoms with E-state index < -0.39 is 29.2 Å². The molecule has 0 saturated heterocycles. The van der Waals surface area contributed by atoms with Crippen LogP contribution in [-0.2, 0) is 21.1 Å². The van der Waals surface area contributed by atoms with Crippen molar-refractivity contribution in [3.8, 4) is 22.5 Å². The molecule has 0 unspecified atom stereocenters. The monoisotopic (exact) mass is 550 g/mol. The molecule has 7 nitrogen and oxygen atoms in total.